The first-order valence-electron chi connectivity index (χ1n) is 10.2. The Labute approximate surface area is 183 Å². The topological polar surface area (TPSA) is 71.1 Å². The van der Waals surface area contributed by atoms with Crippen LogP contribution >= 0.6 is 0 Å². The molecule has 2 N–H and O–H groups in total. The number of para-hydroxylation sites is 1. The average molecular weight is 432 g/mol. The third-order valence-corrected chi connectivity index (χ3v) is 6.41. The number of nitrogens with one attached hydrogen (secondary N) is 2. The molecule has 4 aromatic rings. The van der Waals surface area contributed by atoms with E-state index in [9.17, 15) is 8.42 Å². The molecule has 31 heavy (non-hydrogen) atoms. The summed E-state index contributed by atoms with van der Waals surface area (Å²) in [5.41, 5.74) is 4.30. The fraction of sp³-hybridized carbons (Fsp3) is 0.160. The summed E-state index contributed by atoms with van der Waals surface area (Å²) in [4.78, 5) is 4.42. The molecule has 0 aliphatic carbocycles. The van der Waals surface area contributed by atoms with Gasteiger partial charge in [-0.1, -0.05) is 62.4 Å². The van der Waals surface area contributed by atoms with Gasteiger partial charge in [-0.3, -0.25) is 9.71 Å². The fourth-order valence-corrected chi connectivity index (χ4v) is 4.66. The van der Waals surface area contributed by atoms with Gasteiger partial charge in [-0.2, -0.15) is 0 Å². The second-order valence-electron chi connectivity index (χ2n) is 7.75. The average Bonchev–Trinajstić information content (AvgIpc) is 2.78. The van der Waals surface area contributed by atoms with Gasteiger partial charge >= 0.3 is 0 Å². The molecule has 158 valence electrons. The van der Waals surface area contributed by atoms with Crippen LogP contribution in [0.5, 0.6) is 0 Å². The van der Waals surface area contributed by atoms with Crippen molar-refractivity contribution in [1.29, 1.82) is 0 Å². The first-order valence-corrected chi connectivity index (χ1v) is 11.7. The lowest BCUT2D eigenvalue weighted by Gasteiger charge is -2.12. The Morgan fingerprint density at radius 3 is 2.39 bits per heavy atom. The van der Waals surface area contributed by atoms with Crippen LogP contribution in [0.25, 0.3) is 22.0 Å². The monoisotopic (exact) mass is 431 g/mol. The van der Waals surface area contributed by atoms with Gasteiger partial charge in [0.1, 0.15) is 4.90 Å². The lowest BCUT2D eigenvalue weighted by molar-refractivity contribution is 0.589. The van der Waals surface area contributed by atoms with E-state index < -0.39 is 10.0 Å². The SMILES string of the molecule is CC(C)NCc1cccc(-c2ccc(NS(=O)(=O)c3cccc4cccnc34)cc2)c1. The molecule has 0 bridgehead atoms. The van der Waals surface area contributed by atoms with E-state index in [0.717, 1.165) is 23.1 Å². The molecule has 6 heteroatoms. The van der Waals surface area contributed by atoms with Crippen molar-refractivity contribution in [2.75, 3.05) is 4.72 Å². The smallest absolute Gasteiger partial charge is 0.264 e. The van der Waals surface area contributed by atoms with Crippen LogP contribution in [0.3, 0.4) is 0 Å². The molecule has 0 atom stereocenters. The molecule has 0 saturated carbocycles. The molecule has 0 fully saturated rings. The predicted octanol–water partition coefficient (Wildman–Crippen LogP) is 5.20. The van der Waals surface area contributed by atoms with Crippen molar-refractivity contribution >= 4 is 26.6 Å². The summed E-state index contributed by atoms with van der Waals surface area (Å²) in [7, 11) is -3.76. The second-order valence-corrected chi connectivity index (χ2v) is 9.40. The van der Waals surface area contributed by atoms with Gasteiger partial charge in [0.25, 0.3) is 10.0 Å². The van der Waals surface area contributed by atoms with Crippen LogP contribution in [-0.4, -0.2) is 19.4 Å². The standard InChI is InChI=1S/C25H25N3O2S/c1-18(2)27-17-19-6-3-8-22(16-19)20-11-13-23(14-12-20)28-31(29,30)24-10-4-7-21-9-5-15-26-25(21)24/h3-16,18,27-28H,17H2,1-2H3. The van der Waals surface area contributed by atoms with E-state index >= 15 is 0 Å². The number of pyridine rings is 1. The normalized spacial score (nSPS) is 11.7. The van der Waals surface area contributed by atoms with E-state index in [2.05, 4.69) is 47.1 Å². The van der Waals surface area contributed by atoms with Gasteiger partial charge in [0.2, 0.25) is 0 Å². The third-order valence-electron chi connectivity index (χ3n) is 5.00. The van der Waals surface area contributed by atoms with Gasteiger partial charge in [-0.05, 0) is 47.0 Å². The lowest BCUT2D eigenvalue weighted by atomic mass is 10.0. The minimum absolute atomic E-state index is 0.167. The summed E-state index contributed by atoms with van der Waals surface area (Å²) in [6.07, 6.45) is 1.60. The third kappa shape index (κ3) is 4.93. The van der Waals surface area contributed by atoms with Crippen molar-refractivity contribution < 1.29 is 8.42 Å². The van der Waals surface area contributed by atoms with Crippen molar-refractivity contribution in [1.82, 2.24) is 10.3 Å². The number of rotatable bonds is 7. The molecular formula is C25H25N3O2S. The Kier molecular flexibility index (Phi) is 6.02. The minimum Gasteiger partial charge on any atom is -0.310 e. The molecule has 5 nitrogen and oxygen atoms in total. The summed E-state index contributed by atoms with van der Waals surface area (Å²) in [6.45, 7) is 5.05. The summed E-state index contributed by atoms with van der Waals surface area (Å²) in [5.74, 6) is 0. The van der Waals surface area contributed by atoms with Crippen LogP contribution in [0, 0.1) is 0 Å². The number of sulfonamides is 1. The zero-order chi connectivity index (χ0) is 21.8. The van der Waals surface area contributed by atoms with E-state index in [4.69, 9.17) is 0 Å². The van der Waals surface area contributed by atoms with Crippen LogP contribution in [-0.2, 0) is 16.6 Å². The molecule has 0 radical (unpaired) electrons. The number of hydrogen-bond acceptors (Lipinski definition) is 4. The molecule has 0 unspecified atom stereocenters. The predicted molar refractivity (Wildman–Crippen MR) is 126 cm³/mol. The summed E-state index contributed by atoms with van der Waals surface area (Å²) in [6, 6.07) is 25.0. The molecule has 0 saturated heterocycles. The molecule has 1 aromatic heterocycles. The zero-order valence-electron chi connectivity index (χ0n) is 17.5. The maximum absolute atomic E-state index is 13.0. The fourth-order valence-electron chi connectivity index (χ4n) is 3.42. The first kappa shape index (κ1) is 21.0. The van der Waals surface area contributed by atoms with Crippen LogP contribution < -0.4 is 10.0 Å². The van der Waals surface area contributed by atoms with Gasteiger partial charge in [-0.15, -0.1) is 0 Å². The highest BCUT2D eigenvalue weighted by atomic mass is 32.2. The van der Waals surface area contributed by atoms with Crippen molar-refractivity contribution in [3.63, 3.8) is 0 Å². The highest BCUT2D eigenvalue weighted by molar-refractivity contribution is 7.93. The van der Waals surface area contributed by atoms with Gasteiger partial charge in [0, 0.05) is 29.9 Å². The van der Waals surface area contributed by atoms with Crippen molar-refractivity contribution in [3.05, 3.63) is 90.6 Å². The van der Waals surface area contributed by atoms with Crippen LogP contribution in [0.15, 0.2) is 90.0 Å². The Hall–Kier alpha value is -3.22. The highest BCUT2D eigenvalue weighted by Crippen LogP contribution is 2.26. The second kappa shape index (κ2) is 8.88. The molecule has 0 spiro atoms. The molecule has 0 amide bonds. The van der Waals surface area contributed by atoms with E-state index in [1.54, 1.807) is 36.5 Å². The number of hydrogen-bond donors (Lipinski definition) is 2. The van der Waals surface area contributed by atoms with Gasteiger partial charge in [-0.25, -0.2) is 8.42 Å². The van der Waals surface area contributed by atoms with Crippen LogP contribution in [0.2, 0.25) is 0 Å². The Balaban J connectivity index is 1.55. The number of nitrogens with zero attached hydrogens (tertiary/aromatic N) is 1. The molecular weight excluding hydrogens is 406 g/mol. The molecule has 0 aliphatic rings. The minimum atomic E-state index is -3.76. The number of benzene rings is 3. The number of aromatic nitrogens is 1. The van der Waals surface area contributed by atoms with Crippen LogP contribution in [0.1, 0.15) is 19.4 Å². The Morgan fingerprint density at radius 1 is 0.871 bits per heavy atom. The van der Waals surface area contributed by atoms with E-state index in [1.165, 1.54) is 5.56 Å². The summed E-state index contributed by atoms with van der Waals surface area (Å²) >= 11 is 0. The molecule has 1 heterocycles. The van der Waals surface area contributed by atoms with Gasteiger partial charge in [0.15, 0.2) is 0 Å². The van der Waals surface area contributed by atoms with E-state index in [-0.39, 0.29) is 4.90 Å². The molecule has 4 rings (SSSR count). The largest absolute Gasteiger partial charge is 0.310 e. The number of anilines is 1. The first-order chi connectivity index (χ1) is 14.9. The summed E-state index contributed by atoms with van der Waals surface area (Å²) < 4.78 is 28.6. The number of fused-ring (bicyclic) bond motifs is 1. The molecule has 3 aromatic carbocycles. The van der Waals surface area contributed by atoms with Gasteiger partial charge < -0.3 is 5.32 Å². The van der Waals surface area contributed by atoms with Gasteiger partial charge in [0.05, 0.1) is 5.52 Å². The van der Waals surface area contributed by atoms with Crippen LogP contribution in [0.4, 0.5) is 5.69 Å². The maximum atomic E-state index is 13.0. The summed E-state index contributed by atoms with van der Waals surface area (Å²) in [5, 5.41) is 4.21. The van der Waals surface area contributed by atoms with Crippen molar-refractivity contribution in [2.45, 2.75) is 31.3 Å². The van der Waals surface area contributed by atoms with E-state index in [0.29, 0.717) is 17.2 Å². The highest BCUT2D eigenvalue weighted by Gasteiger charge is 2.18. The van der Waals surface area contributed by atoms with Crippen molar-refractivity contribution in [2.24, 2.45) is 0 Å². The van der Waals surface area contributed by atoms with E-state index in [1.807, 2.05) is 30.3 Å². The Morgan fingerprint density at radius 2 is 1.61 bits per heavy atom. The van der Waals surface area contributed by atoms with Crippen molar-refractivity contribution in [3.8, 4) is 11.1 Å². The zero-order valence-corrected chi connectivity index (χ0v) is 18.4. The lowest BCUT2D eigenvalue weighted by Crippen LogP contribution is -2.21. The maximum Gasteiger partial charge on any atom is 0.264 e. The molecule has 0 aliphatic heterocycles. The quantitative estimate of drug-likeness (QED) is 0.422. The Bertz CT molecular complexity index is 1290.